The fraction of sp³-hybridized carbons (Fsp3) is 0.611. The van der Waals surface area contributed by atoms with Crippen LogP contribution in [0.25, 0.3) is 0 Å². The number of morpholine rings is 1. The molecule has 5 heteroatoms. The van der Waals surface area contributed by atoms with Crippen LogP contribution in [0.3, 0.4) is 0 Å². The van der Waals surface area contributed by atoms with E-state index < -0.39 is 6.04 Å². The molecule has 0 bridgehead atoms. The van der Waals surface area contributed by atoms with E-state index in [1.165, 1.54) is 5.56 Å². The van der Waals surface area contributed by atoms with Gasteiger partial charge in [0, 0.05) is 25.3 Å². The lowest BCUT2D eigenvalue weighted by Crippen LogP contribution is -2.37. The first-order chi connectivity index (χ1) is 11.0. The molecule has 0 aliphatic carbocycles. The van der Waals surface area contributed by atoms with Crippen LogP contribution < -0.4 is 11.1 Å². The van der Waals surface area contributed by atoms with Gasteiger partial charge in [-0.15, -0.1) is 0 Å². The van der Waals surface area contributed by atoms with Gasteiger partial charge >= 0.3 is 0 Å². The van der Waals surface area contributed by atoms with Crippen molar-refractivity contribution < 1.29 is 9.53 Å². The molecule has 0 aromatic heterocycles. The molecule has 0 spiro atoms. The largest absolute Gasteiger partial charge is 0.379 e. The van der Waals surface area contributed by atoms with Crippen LogP contribution in [0.2, 0.25) is 0 Å². The Hall–Kier alpha value is -1.43. The Balaban J connectivity index is 1.78. The van der Waals surface area contributed by atoms with Crippen molar-refractivity contribution in [3.8, 4) is 0 Å². The highest BCUT2D eigenvalue weighted by molar-refractivity contribution is 5.94. The van der Waals surface area contributed by atoms with Gasteiger partial charge in [-0.2, -0.15) is 0 Å². The molecular weight excluding hydrogens is 290 g/mol. The molecule has 1 heterocycles. The van der Waals surface area contributed by atoms with Gasteiger partial charge in [-0.05, 0) is 36.5 Å². The molecule has 0 unspecified atom stereocenters. The summed E-state index contributed by atoms with van der Waals surface area (Å²) < 4.78 is 5.36. The number of anilines is 1. The lowest BCUT2D eigenvalue weighted by molar-refractivity contribution is -0.117. The van der Waals surface area contributed by atoms with Crippen LogP contribution in [0.15, 0.2) is 24.3 Å². The van der Waals surface area contributed by atoms with Crippen molar-refractivity contribution >= 4 is 11.6 Å². The summed E-state index contributed by atoms with van der Waals surface area (Å²) in [6.45, 7) is 8.88. The zero-order valence-corrected chi connectivity index (χ0v) is 14.3. The lowest BCUT2D eigenvalue weighted by atomic mass is 10.0. The summed E-state index contributed by atoms with van der Waals surface area (Å²) in [5.41, 5.74) is 7.99. The molecule has 5 nitrogen and oxygen atoms in total. The molecule has 1 aliphatic rings. The Bertz CT molecular complexity index is 482. The third-order valence-corrected chi connectivity index (χ3v) is 4.10. The standard InChI is InChI=1S/C18H29N3O2/c1-14(2)13-17(19)18(22)20-16-5-3-15(4-6-16)7-8-21-9-11-23-12-10-21/h3-6,14,17H,7-13,19H2,1-2H3,(H,20,22)/t17-/m0/s1. The van der Waals surface area contributed by atoms with E-state index in [-0.39, 0.29) is 5.91 Å². The number of carbonyl (C=O) groups is 1. The Morgan fingerprint density at radius 2 is 1.91 bits per heavy atom. The van der Waals surface area contributed by atoms with Crippen LogP contribution in [-0.2, 0) is 16.0 Å². The maximum Gasteiger partial charge on any atom is 0.241 e. The number of nitrogens with one attached hydrogen (secondary N) is 1. The van der Waals surface area contributed by atoms with E-state index >= 15 is 0 Å². The number of amides is 1. The Morgan fingerprint density at radius 3 is 2.52 bits per heavy atom. The molecule has 1 aromatic rings. The number of hydrogen-bond donors (Lipinski definition) is 2. The van der Waals surface area contributed by atoms with E-state index in [2.05, 4.69) is 36.2 Å². The summed E-state index contributed by atoms with van der Waals surface area (Å²) in [6, 6.07) is 7.60. The number of nitrogens with zero attached hydrogens (tertiary/aromatic N) is 1. The minimum Gasteiger partial charge on any atom is -0.379 e. The van der Waals surface area contributed by atoms with E-state index in [1.54, 1.807) is 0 Å². The van der Waals surface area contributed by atoms with Gasteiger partial charge in [0.05, 0.1) is 19.3 Å². The molecule has 1 amide bonds. The SMILES string of the molecule is CC(C)C[C@H](N)C(=O)Nc1ccc(CCN2CCOCC2)cc1. The second-order valence-corrected chi connectivity index (χ2v) is 6.63. The third kappa shape index (κ3) is 6.29. The van der Waals surface area contributed by atoms with Gasteiger partial charge in [-0.1, -0.05) is 26.0 Å². The van der Waals surface area contributed by atoms with E-state index in [4.69, 9.17) is 10.5 Å². The molecule has 1 aromatic carbocycles. The van der Waals surface area contributed by atoms with Crippen molar-refractivity contribution in [2.24, 2.45) is 11.7 Å². The molecule has 1 saturated heterocycles. The highest BCUT2D eigenvalue weighted by Crippen LogP contribution is 2.12. The molecule has 1 aliphatic heterocycles. The highest BCUT2D eigenvalue weighted by atomic mass is 16.5. The van der Waals surface area contributed by atoms with Crippen molar-refractivity contribution in [3.63, 3.8) is 0 Å². The van der Waals surface area contributed by atoms with E-state index in [0.717, 1.165) is 45.0 Å². The average molecular weight is 319 g/mol. The Labute approximate surface area is 139 Å². The van der Waals surface area contributed by atoms with E-state index in [9.17, 15) is 4.79 Å². The van der Waals surface area contributed by atoms with Gasteiger partial charge < -0.3 is 15.8 Å². The van der Waals surface area contributed by atoms with Crippen LogP contribution in [0.5, 0.6) is 0 Å². The second kappa shape index (κ2) is 9.01. The lowest BCUT2D eigenvalue weighted by Gasteiger charge is -2.26. The summed E-state index contributed by atoms with van der Waals surface area (Å²) >= 11 is 0. The molecular formula is C18H29N3O2. The van der Waals surface area contributed by atoms with Crippen molar-refractivity contribution in [2.45, 2.75) is 32.7 Å². The molecule has 23 heavy (non-hydrogen) atoms. The third-order valence-electron chi connectivity index (χ3n) is 4.10. The minimum absolute atomic E-state index is 0.111. The number of hydrogen-bond acceptors (Lipinski definition) is 4. The number of benzene rings is 1. The van der Waals surface area contributed by atoms with Crippen molar-refractivity contribution in [1.82, 2.24) is 4.90 Å². The zero-order valence-electron chi connectivity index (χ0n) is 14.3. The molecule has 128 valence electrons. The normalized spacial score (nSPS) is 17.2. The monoisotopic (exact) mass is 319 g/mol. The molecule has 1 fully saturated rings. The Kier molecular flexibility index (Phi) is 7.02. The van der Waals surface area contributed by atoms with Crippen molar-refractivity contribution in [1.29, 1.82) is 0 Å². The maximum atomic E-state index is 12.0. The molecule has 0 radical (unpaired) electrons. The summed E-state index contributed by atoms with van der Waals surface area (Å²) in [6.07, 6.45) is 1.71. The summed E-state index contributed by atoms with van der Waals surface area (Å²) in [7, 11) is 0. The van der Waals surface area contributed by atoms with Crippen LogP contribution >= 0.6 is 0 Å². The van der Waals surface area contributed by atoms with Gasteiger partial charge in [0.15, 0.2) is 0 Å². The maximum absolute atomic E-state index is 12.0. The van der Waals surface area contributed by atoms with E-state index in [1.807, 2.05) is 12.1 Å². The van der Waals surface area contributed by atoms with E-state index in [0.29, 0.717) is 12.3 Å². The van der Waals surface area contributed by atoms with Crippen LogP contribution in [0.1, 0.15) is 25.8 Å². The first-order valence-electron chi connectivity index (χ1n) is 8.50. The quantitative estimate of drug-likeness (QED) is 0.805. The molecule has 1 atom stereocenters. The highest BCUT2D eigenvalue weighted by Gasteiger charge is 2.15. The first kappa shape index (κ1) is 17.9. The van der Waals surface area contributed by atoms with Crippen LogP contribution in [0, 0.1) is 5.92 Å². The fourth-order valence-corrected chi connectivity index (χ4v) is 2.72. The van der Waals surface area contributed by atoms with Gasteiger partial charge in [0.25, 0.3) is 0 Å². The summed E-state index contributed by atoms with van der Waals surface area (Å²) in [5, 5.41) is 2.89. The second-order valence-electron chi connectivity index (χ2n) is 6.63. The smallest absolute Gasteiger partial charge is 0.241 e. The van der Waals surface area contributed by atoms with Crippen molar-refractivity contribution in [2.75, 3.05) is 38.2 Å². The van der Waals surface area contributed by atoms with Gasteiger partial charge in [-0.3, -0.25) is 9.69 Å². The first-order valence-corrected chi connectivity index (χ1v) is 8.50. The average Bonchev–Trinajstić information content (AvgIpc) is 2.54. The molecule has 0 saturated carbocycles. The van der Waals surface area contributed by atoms with Gasteiger partial charge in [0.1, 0.15) is 0 Å². The van der Waals surface area contributed by atoms with Gasteiger partial charge in [0.2, 0.25) is 5.91 Å². The number of carbonyl (C=O) groups excluding carboxylic acids is 1. The van der Waals surface area contributed by atoms with Gasteiger partial charge in [-0.25, -0.2) is 0 Å². The summed E-state index contributed by atoms with van der Waals surface area (Å²) in [5.74, 6) is 0.304. The number of rotatable bonds is 7. The minimum atomic E-state index is -0.448. The predicted molar refractivity (Wildman–Crippen MR) is 93.5 cm³/mol. The van der Waals surface area contributed by atoms with Crippen LogP contribution in [0.4, 0.5) is 5.69 Å². The number of ether oxygens (including phenoxy) is 1. The topological polar surface area (TPSA) is 67.6 Å². The Morgan fingerprint density at radius 1 is 1.26 bits per heavy atom. The molecule has 3 N–H and O–H groups in total. The fourth-order valence-electron chi connectivity index (χ4n) is 2.72. The number of nitrogens with two attached hydrogens (primary N) is 1. The predicted octanol–water partition coefficient (Wildman–Crippen LogP) is 1.87. The summed E-state index contributed by atoms with van der Waals surface area (Å²) in [4.78, 5) is 14.4. The van der Waals surface area contributed by atoms with Crippen LogP contribution in [-0.4, -0.2) is 49.7 Å². The molecule has 2 rings (SSSR count). The zero-order chi connectivity index (χ0) is 16.7. The van der Waals surface area contributed by atoms with Crippen molar-refractivity contribution in [3.05, 3.63) is 29.8 Å².